The fourth-order valence-corrected chi connectivity index (χ4v) is 2.87. The number of hydrogen-bond acceptors (Lipinski definition) is 3. The quantitative estimate of drug-likeness (QED) is 0.704. The van der Waals surface area contributed by atoms with Crippen molar-refractivity contribution in [1.29, 1.82) is 0 Å². The number of H-pyrrole nitrogens is 1. The lowest BCUT2D eigenvalue weighted by Gasteiger charge is -2.14. The monoisotopic (exact) mass is 353 g/mol. The van der Waals surface area contributed by atoms with Gasteiger partial charge in [0.15, 0.2) is 0 Å². The molecule has 0 saturated heterocycles. The molecule has 1 aliphatic rings. The summed E-state index contributed by atoms with van der Waals surface area (Å²) in [6, 6.07) is 9.61. The van der Waals surface area contributed by atoms with E-state index >= 15 is 0 Å². The highest BCUT2D eigenvalue weighted by Gasteiger charge is 2.22. The first-order valence-electron chi connectivity index (χ1n) is 8.77. The van der Waals surface area contributed by atoms with Gasteiger partial charge in [-0.2, -0.15) is 0 Å². The Bertz CT molecular complexity index is 949. The van der Waals surface area contributed by atoms with E-state index in [0.717, 1.165) is 5.69 Å². The number of hydrogen-bond donors (Lipinski definition) is 2. The maximum Gasteiger partial charge on any atom is 0.253 e. The van der Waals surface area contributed by atoms with Gasteiger partial charge in [0.05, 0.1) is 23.9 Å². The number of halogens is 1. The molecule has 1 aromatic carbocycles. The summed E-state index contributed by atoms with van der Waals surface area (Å²) >= 11 is 0. The highest BCUT2D eigenvalue weighted by atomic mass is 19.1. The number of aromatic nitrogens is 2. The number of carbonyl (C=O) groups excluding carboxylic acids is 1. The molecular formula is C20H20FN3O2. The normalized spacial score (nSPS) is 15.0. The van der Waals surface area contributed by atoms with Crippen LogP contribution >= 0.6 is 0 Å². The first-order chi connectivity index (χ1) is 12.6. The van der Waals surface area contributed by atoms with Crippen LogP contribution in [0.2, 0.25) is 0 Å². The van der Waals surface area contributed by atoms with Crippen molar-refractivity contribution in [2.45, 2.75) is 25.8 Å². The average Bonchev–Trinajstić information content (AvgIpc) is 3.38. The number of carbonyl (C=O) groups is 1. The topological polar surface area (TPSA) is 67.0 Å². The predicted molar refractivity (Wildman–Crippen MR) is 96.6 cm³/mol. The Morgan fingerprint density at radius 2 is 2.23 bits per heavy atom. The molecule has 1 fully saturated rings. The number of benzene rings is 1. The van der Waals surface area contributed by atoms with E-state index in [-0.39, 0.29) is 17.8 Å². The van der Waals surface area contributed by atoms with Gasteiger partial charge in [-0.15, -0.1) is 0 Å². The van der Waals surface area contributed by atoms with Gasteiger partial charge in [0.25, 0.3) is 5.91 Å². The Balaban J connectivity index is 1.47. The van der Waals surface area contributed by atoms with Crippen molar-refractivity contribution in [2.24, 2.45) is 5.92 Å². The molecule has 2 N–H and O–H groups in total. The van der Waals surface area contributed by atoms with Crippen LogP contribution in [0.3, 0.4) is 0 Å². The molecule has 26 heavy (non-hydrogen) atoms. The third kappa shape index (κ3) is 3.54. The largest absolute Gasteiger partial charge is 0.477 e. The molecule has 0 aliphatic heterocycles. The summed E-state index contributed by atoms with van der Waals surface area (Å²) < 4.78 is 19.0. The summed E-state index contributed by atoms with van der Waals surface area (Å²) in [5.41, 5.74) is 1.81. The van der Waals surface area contributed by atoms with Crippen LogP contribution < -0.4 is 10.1 Å². The molecule has 2 aromatic heterocycles. The van der Waals surface area contributed by atoms with Crippen molar-refractivity contribution in [2.75, 3.05) is 6.61 Å². The highest BCUT2D eigenvalue weighted by molar-refractivity contribution is 6.06. The Kier molecular flexibility index (Phi) is 4.32. The molecule has 3 aromatic rings. The van der Waals surface area contributed by atoms with Gasteiger partial charge in [0.1, 0.15) is 5.82 Å². The number of nitrogens with zero attached hydrogens (tertiary/aromatic N) is 1. The van der Waals surface area contributed by atoms with Crippen molar-refractivity contribution in [3.8, 4) is 5.88 Å². The molecule has 1 aliphatic carbocycles. The van der Waals surface area contributed by atoms with Crippen molar-refractivity contribution < 1.29 is 13.9 Å². The highest BCUT2D eigenvalue weighted by Crippen LogP contribution is 2.29. The van der Waals surface area contributed by atoms with Gasteiger partial charge >= 0.3 is 0 Å². The lowest BCUT2D eigenvalue weighted by Crippen LogP contribution is -2.27. The zero-order valence-electron chi connectivity index (χ0n) is 14.5. The van der Waals surface area contributed by atoms with Crippen LogP contribution in [0.5, 0.6) is 5.88 Å². The Labute approximate surface area is 150 Å². The van der Waals surface area contributed by atoms with E-state index in [1.165, 1.54) is 25.0 Å². The first kappa shape index (κ1) is 16.6. The SMILES string of the molecule is CC(NC(=O)c1c[nH]c2cc(F)ccc12)c1cccc(OCC2CC2)n1. The van der Waals surface area contributed by atoms with E-state index < -0.39 is 0 Å². The third-order valence-corrected chi connectivity index (χ3v) is 4.59. The zero-order chi connectivity index (χ0) is 18.1. The molecule has 0 spiro atoms. The second kappa shape index (κ2) is 6.78. The molecule has 2 heterocycles. The molecule has 5 nitrogen and oxygen atoms in total. The van der Waals surface area contributed by atoms with Crippen LogP contribution in [0.4, 0.5) is 4.39 Å². The summed E-state index contributed by atoms with van der Waals surface area (Å²) in [6.45, 7) is 2.57. The van der Waals surface area contributed by atoms with Gasteiger partial charge in [0, 0.05) is 23.2 Å². The van der Waals surface area contributed by atoms with Gasteiger partial charge in [0.2, 0.25) is 5.88 Å². The molecule has 1 saturated carbocycles. The lowest BCUT2D eigenvalue weighted by molar-refractivity contribution is 0.0940. The zero-order valence-corrected chi connectivity index (χ0v) is 14.5. The molecule has 6 heteroatoms. The number of aromatic amines is 1. The summed E-state index contributed by atoms with van der Waals surface area (Å²) in [5, 5.41) is 3.62. The molecule has 0 bridgehead atoms. The molecule has 1 amide bonds. The molecule has 134 valence electrons. The van der Waals surface area contributed by atoms with Crippen molar-refractivity contribution in [1.82, 2.24) is 15.3 Å². The third-order valence-electron chi connectivity index (χ3n) is 4.59. The van der Waals surface area contributed by atoms with Gasteiger partial charge < -0.3 is 15.0 Å². The molecule has 0 radical (unpaired) electrons. The number of amides is 1. The molecule has 1 unspecified atom stereocenters. The minimum absolute atomic E-state index is 0.235. The fourth-order valence-electron chi connectivity index (χ4n) is 2.87. The van der Waals surface area contributed by atoms with E-state index in [1.54, 1.807) is 12.3 Å². The van der Waals surface area contributed by atoms with Crippen LogP contribution in [0, 0.1) is 11.7 Å². The summed E-state index contributed by atoms with van der Waals surface area (Å²) in [7, 11) is 0. The van der Waals surface area contributed by atoms with Crippen LogP contribution in [0.1, 0.15) is 41.9 Å². The minimum atomic E-state index is -0.341. The van der Waals surface area contributed by atoms with Crippen LogP contribution in [-0.4, -0.2) is 22.5 Å². The number of rotatable bonds is 6. The van der Waals surface area contributed by atoms with Crippen LogP contribution in [-0.2, 0) is 0 Å². The van der Waals surface area contributed by atoms with E-state index in [1.807, 2.05) is 25.1 Å². The standard InChI is InChI=1S/C20H20FN3O2/c1-12(17-3-2-4-19(24-17)26-11-13-5-6-13)23-20(25)16-10-22-18-9-14(21)7-8-15(16)18/h2-4,7-10,12-13,22H,5-6,11H2,1H3,(H,23,25). The average molecular weight is 353 g/mol. The van der Waals surface area contributed by atoms with E-state index in [4.69, 9.17) is 4.74 Å². The van der Waals surface area contributed by atoms with Crippen molar-refractivity contribution in [3.05, 3.63) is 59.7 Å². The predicted octanol–water partition coefficient (Wildman–Crippen LogP) is 3.98. The van der Waals surface area contributed by atoms with E-state index in [9.17, 15) is 9.18 Å². The van der Waals surface area contributed by atoms with Crippen molar-refractivity contribution in [3.63, 3.8) is 0 Å². The molecule has 4 rings (SSSR count). The van der Waals surface area contributed by atoms with E-state index in [0.29, 0.717) is 34.9 Å². The minimum Gasteiger partial charge on any atom is -0.477 e. The van der Waals surface area contributed by atoms with E-state index in [2.05, 4.69) is 15.3 Å². The fraction of sp³-hybridized carbons (Fsp3) is 0.300. The van der Waals surface area contributed by atoms with Crippen LogP contribution in [0.25, 0.3) is 10.9 Å². The van der Waals surface area contributed by atoms with Gasteiger partial charge in [-0.3, -0.25) is 4.79 Å². The number of fused-ring (bicyclic) bond motifs is 1. The maximum atomic E-state index is 13.3. The lowest BCUT2D eigenvalue weighted by atomic mass is 10.1. The van der Waals surface area contributed by atoms with Crippen LogP contribution in [0.15, 0.2) is 42.6 Å². The second-order valence-electron chi connectivity index (χ2n) is 6.74. The number of nitrogens with one attached hydrogen (secondary N) is 2. The summed E-state index contributed by atoms with van der Waals surface area (Å²) in [4.78, 5) is 20.0. The second-order valence-corrected chi connectivity index (χ2v) is 6.74. The summed E-state index contributed by atoms with van der Waals surface area (Å²) in [6.07, 6.45) is 4.04. The molecular weight excluding hydrogens is 333 g/mol. The first-order valence-corrected chi connectivity index (χ1v) is 8.77. The maximum absolute atomic E-state index is 13.3. The molecule has 1 atom stereocenters. The van der Waals surface area contributed by atoms with Gasteiger partial charge in [-0.05, 0) is 49.9 Å². The number of pyridine rings is 1. The van der Waals surface area contributed by atoms with Crippen molar-refractivity contribution >= 4 is 16.8 Å². The Morgan fingerprint density at radius 1 is 1.38 bits per heavy atom. The number of ether oxygens (including phenoxy) is 1. The Hall–Kier alpha value is -2.89. The Morgan fingerprint density at radius 3 is 3.04 bits per heavy atom. The summed E-state index contributed by atoms with van der Waals surface area (Å²) in [5.74, 6) is 0.663. The smallest absolute Gasteiger partial charge is 0.253 e. The van der Waals surface area contributed by atoms with Gasteiger partial charge in [-0.1, -0.05) is 6.07 Å². The van der Waals surface area contributed by atoms with Gasteiger partial charge in [-0.25, -0.2) is 9.37 Å².